The lowest BCUT2D eigenvalue weighted by Gasteiger charge is -2.14. The number of amides is 1. The van der Waals surface area contributed by atoms with Crippen LogP contribution in [0.2, 0.25) is 0 Å². The van der Waals surface area contributed by atoms with Gasteiger partial charge in [-0.25, -0.2) is 0 Å². The molecule has 8 heteroatoms. The fourth-order valence-corrected chi connectivity index (χ4v) is 3.69. The third-order valence-corrected chi connectivity index (χ3v) is 5.10. The molecule has 0 saturated carbocycles. The van der Waals surface area contributed by atoms with Gasteiger partial charge < -0.3 is 10.1 Å². The van der Waals surface area contributed by atoms with E-state index in [1.807, 2.05) is 32.9 Å². The summed E-state index contributed by atoms with van der Waals surface area (Å²) in [6.07, 6.45) is 2.21. The summed E-state index contributed by atoms with van der Waals surface area (Å²) in [5.74, 6) is -0.0320. The summed E-state index contributed by atoms with van der Waals surface area (Å²) in [5.41, 5.74) is 3.18. The zero-order valence-corrected chi connectivity index (χ0v) is 15.5. The average Bonchev–Trinajstić information content (AvgIpc) is 3.23. The Morgan fingerprint density at radius 3 is 2.84 bits per heavy atom. The molecule has 2 atom stereocenters. The number of thioether (sulfide) groups is 1. The van der Waals surface area contributed by atoms with Crippen molar-refractivity contribution in [3.05, 3.63) is 29.3 Å². The van der Waals surface area contributed by atoms with Crippen molar-refractivity contribution in [2.75, 3.05) is 13.2 Å². The Bertz CT molecular complexity index is 722. The van der Waals surface area contributed by atoms with Gasteiger partial charge in [-0.1, -0.05) is 17.8 Å². The van der Waals surface area contributed by atoms with Gasteiger partial charge in [0, 0.05) is 13.2 Å². The predicted octanol–water partition coefficient (Wildman–Crippen LogP) is 2.05. The van der Waals surface area contributed by atoms with Crippen LogP contribution in [0.1, 0.15) is 30.9 Å². The molecule has 1 aliphatic heterocycles. The Labute approximate surface area is 151 Å². The highest BCUT2D eigenvalue weighted by molar-refractivity contribution is 8.00. The highest BCUT2D eigenvalue weighted by Crippen LogP contribution is 2.24. The molecule has 0 bridgehead atoms. The van der Waals surface area contributed by atoms with Gasteiger partial charge >= 0.3 is 0 Å². The quantitative estimate of drug-likeness (QED) is 0.793. The van der Waals surface area contributed by atoms with E-state index in [1.54, 1.807) is 4.68 Å². The number of hydrogen-bond acceptors (Lipinski definition) is 6. The predicted molar refractivity (Wildman–Crippen MR) is 95.9 cm³/mol. The van der Waals surface area contributed by atoms with Gasteiger partial charge in [-0.3, -0.25) is 4.79 Å². The molecule has 0 aliphatic carbocycles. The first-order chi connectivity index (χ1) is 12.0. The zero-order valence-electron chi connectivity index (χ0n) is 14.7. The Hall–Kier alpha value is -1.93. The van der Waals surface area contributed by atoms with Crippen LogP contribution < -0.4 is 5.32 Å². The van der Waals surface area contributed by atoms with E-state index >= 15 is 0 Å². The minimum Gasteiger partial charge on any atom is -0.376 e. The van der Waals surface area contributed by atoms with Gasteiger partial charge in [-0.2, -0.15) is 4.68 Å². The van der Waals surface area contributed by atoms with E-state index in [2.05, 4.69) is 26.9 Å². The van der Waals surface area contributed by atoms with Crippen LogP contribution >= 0.6 is 11.8 Å². The van der Waals surface area contributed by atoms with E-state index in [0.717, 1.165) is 36.3 Å². The van der Waals surface area contributed by atoms with Gasteiger partial charge in [0.05, 0.1) is 17.0 Å². The summed E-state index contributed by atoms with van der Waals surface area (Å²) < 4.78 is 7.21. The normalized spacial score (nSPS) is 18.3. The third-order valence-electron chi connectivity index (χ3n) is 4.07. The molecule has 7 nitrogen and oxygen atoms in total. The summed E-state index contributed by atoms with van der Waals surface area (Å²) in [6, 6.07) is 6.15. The zero-order chi connectivity index (χ0) is 17.8. The van der Waals surface area contributed by atoms with Gasteiger partial charge in [-0.15, -0.1) is 5.10 Å². The molecule has 25 heavy (non-hydrogen) atoms. The van der Waals surface area contributed by atoms with Crippen molar-refractivity contribution in [3.63, 3.8) is 0 Å². The lowest BCUT2D eigenvalue weighted by molar-refractivity contribution is -0.120. The van der Waals surface area contributed by atoms with Crippen LogP contribution in [0.4, 0.5) is 0 Å². The number of aromatic nitrogens is 4. The van der Waals surface area contributed by atoms with Crippen LogP contribution in [-0.4, -0.2) is 50.6 Å². The van der Waals surface area contributed by atoms with Crippen LogP contribution in [-0.2, 0) is 9.53 Å². The largest absolute Gasteiger partial charge is 0.376 e. The van der Waals surface area contributed by atoms with Gasteiger partial charge in [0.1, 0.15) is 0 Å². The number of nitrogens with zero attached hydrogens (tertiary/aromatic N) is 4. The van der Waals surface area contributed by atoms with Crippen molar-refractivity contribution in [1.29, 1.82) is 0 Å². The number of carbonyl (C=O) groups excluding carboxylic acids is 1. The first kappa shape index (κ1) is 17.9. The molecular formula is C17H23N5O2S. The number of ether oxygens (including phenoxy) is 1. The van der Waals surface area contributed by atoms with Crippen molar-refractivity contribution < 1.29 is 9.53 Å². The van der Waals surface area contributed by atoms with Crippen LogP contribution in [0.3, 0.4) is 0 Å². The van der Waals surface area contributed by atoms with E-state index < -0.39 is 0 Å². The highest BCUT2D eigenvalue weighted by Gasteiger charge is 2.21. The van der Waals surface area contributed by atoms with Crippen molar-refractivity contribution in [2.24, 2.45) is 0 Å². The van der Waals surface area contributed by atoms with Crippen LogP contribution in [0, 0.1) is 13.8 Å². The van der Waals surface area contributed by atoms with Crippen molar-refractivity contribution >= 4 is 17.7 Å². The standard InChI is InChI=1S/C17H23N5O2S/c1-11-7-12(2)9-14(8-11)22-17(19-20-21-22)25-13(3)16(23)18-10-15-5-4-6-24-15/h7-9,13,15H,4-6,10H2,1-3H3,(H,18,23)/t13-,15-/m1/s1. The summed E-state index contributed by atoms with van der Waals surface area (Å²) in [6.45, 7) is 7.28. The van der Waals surface area contributed by atoms with Gasteiger partial charge in [0.15, 0.2) is 0 Å². The lowest BCUT2D eigenvalue weighted by Crippen LogP contribution is -2.36. The second-order valence-corrected chi connectivity index (χ2v) is 7.67. The molecule has 1 N–H and O–H groups in total. The highest BCUT2D eigenvalue weighted by atomic mass is 32.2. The monoisotopic (exact) mass is 361 g/mol. The maximum atomic E-state index is 12.3. The smallest absolute Gasteiger partial charge is 0.233 e. The van der Waals surface area contributed by atoms with E-state index in [4.69, 9.17) is 4.74 Å². The number of hydrogen-bond donors (Lipinski definition) is 1. The SMILES string of the molecule is Cc1cc(C)cc(-n2nnnc2S[C@H](C)C(=O)NC[C@H]2CCCO2)c1. The Morgan fingerprint density at radius 2 is 2.16 bits per heavy atom. The van der Waals surface area contributed by atoms with Crippen LogP contribution in [0.25, 0.3) is 5.69 Å². The molecule has 1 aliphatic rings. The van der Waals surface area contributed by atoms with E-state index in [9.17, 15) is 4.79 Å². The molecule has 1 amide bonds. The summed E-state index contributed by atoms with van der Waals surface area (Å²) >= 11 is 1.35. The van der Waals surface area contributed by atoms with Crippen molar-refractivity contribution in [3.8, 4) is 5.69 Å². The van der Waals surface area contributed by atoms with E-state index in [-0.39, 0.29) is 17.3 Å². The Balaban J connectivity index is 1.64. The number of tetrazole rings is 1. The third kappa shape index (κ3) is 4.58. The van der Waals surface area contributed by atoms with Gasteiger partial charge in [0.25, 0.3) is 0 Å². The number of aryl methyl sites for hydroxylation is 2. The fourth-order valence-electron chi connectivity index (χ4n) is 2.86. The van der Waals surface area contributed by atoms with E-state index in [1.165, 1.54) is 11.8 Å². The fraction of sp³-hybridized carbons (Fsp3) is 0.529. The molecule has 0 radical (unpaired) electrons. The Kier molecular flexibility index (Phi) is 5.70. The number of carbonyl (C=O) groups is 1. The molecule has 134 valence electrons. The maximum Gasteiger partial charge on any atom is 0.233 e. The maximum absolute atomic E-state index is 12.3. The molecule has 2 aromatic rings. The molecule has 1 fully saturated rings. The topological polar surface area (TPSA) is 81.9 Å². The molecule has 1 aromatic heterocycles. The van der Waals surface area contributed by atoms with Crippen LogP contribution in [0.15, 0.2) is 23.4 Å². The molecule has 0 unspecified atom stereocenters. The number of nitrogens with one attached hydrogen (secondary N) is 1. The van der Waals surface area contributed by atoms with Crippen molar-refractivity contribution in [2.45, 2.75) is 50.1 Å². The summed E-state index contributed by atoms with van der Waals surface area (Å²) in [7, 11) is 0. The first-order valence-corrected chi connectivity index (χ1v) is 9.34. The average molecular weight is 361 g/mol. The van der Waals surface area contributed by atoms with Crippen LogP contribution in [0.5, 0.6) is 0 Å². The Morgan fingerprint density at radius 1 is 1.40 bits per heavy atom. The van der Waals surface area contributed by atoms with Crippen molar-refractivity contribution in [1.82, 2.24) is 25.5 Å². The van der Waals surface area contributed by atoms with Gasteiger partial charge in [0.2, 0.25) is 11.1 Å². The van der Waals surface area contributed by atoms with E-state index in [0.29, 0.717) is 11.7 Å². The minimum atomic E-state index is -0.294. The molecular weight excluding hydrogens is 338 g/mol. The summed E-state index contributed by atoms with van der Waals surface area (Å²) in [5, 5.41) is 15.2. The molecule has 1 saturated heterocycles. The first-order valence-electron chi connectivity index (χ1n) is 8.46. The lowest BCUT2D eigenvalue weighted by atomic mass is 10.1. The van der Waals surface area contributed by atoms with Gasteiger partial charge in [-0.05, 0) is 67.3 Å². The molecule has 3 rings (SSSR count). The molecule has 2 heterocycles. The number of rotatable bonds is 6. The molecule has 0 spiro atoms. The second-order valence-electron chi connectivity index (χ2n) is 6.36. The number of benzene rings is 1. The summed E-state index contributed by atoms with van der Waals surface area (Å²) in [4.78, 5) is 12.3. The second kappa shape index (κ2) is 7.97. The molecule has 1 aromatic carbocycles. The minimum absolute atomic E-state index is 0.0320.